The molecule has 8 N–H and O–H groups in total. The monoisotopic (exact) mass is 494 g/mol. The van der Waals surface area contributed by atoms with E-state index < -0.39 is 54.0 Å². The zero-order chi connectivity index (χ0) is 26.9. The van der Waals surface area contributed by atoms with Crippen LogP contribution >= 0.6 is 0 Å². The molecular weight excluding hydrogens is 456 g/mol. The Labute approximate surface area is 205 Å². The summed E-state index contributed by atoms with van der Waals surface area (Å²) >= 11 is 0. The van der Waals surface area contributed by atoms with Crippen molar-refractivity contribution < 1.29 is 34.5 Å². The molecule has 1 aromatic carbocycles. The summed E-state index contributed by atoms with van der Waals surface area (Å²) in [5.41, 5.74) is 6.42. The van der Waals surface area contributed by atoms with Gasteiger partial charge in [0.1, 0.15) is 23.9 Å². The van der Waals surface area contributed by atoms with E-state index in [1.165, 1.54) is 31.2 Å². The molecule has 35 heavy (non-hydrogen) atoms. The van der Waals surface area contributed by atoms with Gasteiger partial charge in [-0.2, -0.15) is 0 Å². The van der Waals surface area contributed by atoms with Gasteiger partial charge < -0.3 is 37.0 Å². The molecule has 0 saturated carbocycles. The number of carbonyl (C=O) groups excluding carboxylic acids is 3. The Morgan fingerprint density at radius 3 is 1.86 bits per heavy atom. The van der Waals surface area contributed by atoms with Gasteiger partial charge in [-0.15, -0.1) is 0 Å². The third-order valence-electron chi connectivity index (χ3n) is 5.41. The Balaban J connectivity index is 2.98. The number of hydrogen-bond donors (Lipinski definition) is 7. The van der Waals surface area contributed by atoms with Gasteiger partial charge in [-0.3, -0.25) is 14.4 Å². The number of amides is 3. The van der Waals surface area contributed by atoms with Crippen molar-refractivity contribution in [2.45, 2.75) is 77.7 Å². The number of nitrogens with one attached hydrogen (secondary N) is 3. The quantitative estimate of drug-likeness (QED) is 0.197. The maximum absolute atomic E-state index is 13.0. The van der Waals surface area contributed by atoms with Crippen LogP contribution in [0.15, 0.2) is 24.3 Å². The molecule has 0 aliphatic carbocycles. The number of rotatable bonds is 13. The standard InChI is InChI=1S/C24H38N4O7/c1-12(2)10-17(26-22(32)19(25)13(3)4)21(31)28-20(14(5)29)23(33)27-18(24(34)35)11-15-6-8-16(30)9-7-15/h6-9,12-14,17-20,29-30H,10-11,25H2,1-5H3,(H,26,32)(H,27,33)(H,28,31)(H,34,35). The Hall–Kier alpha value is -3.18. The predicted octanol–water partition coefficient (Wildman–Crippen LogP) is -0.116. The van der Waals surface area contributed by atoms with Crippen LogP contribution in [0.4, 0.5) is 0 Å². The topological polar surface area (TPSA) is 191 Å². The molecule has 0 radical (unpaired) electrons. The lowest BCUT2D eigenvalue weighted by Gasteiger charge is -2.27. The van der Waals surface area contributed by atoms with Crippen LogP contribution in [-0.2, 0) is 25.6 Å². The largest absolute Gasteiger partial charge is 0.508 e. The van der Waals surface area contributed by atoms with Crippen LogP contribution < -0.4 is 21.7 Å². The summed E-state index contributed by atoms with van der Waals surface area (Å²) in [7, 11) is 0. The molecule has 0 aromatic heterocycles. The van der Waals surface area contributed by atoms with Crippen molar-refractivity contribution in [2.75, 3.05) is 0 Å². The van der Waals surface area contributed by atoms with Crippen molar-refractivity contribution in [1.82, 2.24) is 16.0 Å². The van der Waals surface area contributed by atoms with E-state index in [9.17, 15) is 34.5 Å². The fraction of sp³-hybridized carbons (Fsp3) is 0.583. The second kappa shape index (κ2) is 13.6. The van der Waals surface area contributed by atoms with Crippen molar-refractivity contribution in [3.63, 3.8) is 0 Å². The second-order valence-corrected chi connectivity index (χ2v) is 9.46. The number of carboxylic acid groups (broad SMARTS) is 1. The van der Waals surface area contributed by atoms with Crippen molar-refractivity contribution in [1.29, 1.82) is 0 Å². The van der Waals surface area contributed by atoms with E-state index in [1.807, 2.05) is 13.8 Å². The van der Waals surface area contributed by atoms with Crippen LogP contribution in [0, 0.1) is 11.8 Å². The van der Waals surface area contributed by atoms with E-state index in [2.05, 4.69) is 16.0 Å². The zero-order valence-corrected chi connectivity index (χ0v) is 20.8. The molecule has 0 aliphatic rings. The van der Waals surface area contributed by atoms with Gasteiger partial charge in [-0.05, 0) is 42.9 Å². The summed E-state index contributed by atoms with van der Waals surface area (Å²) in [6.45, 7) is 8.53. The van der Waals surface area contributed by atoms with Gasteiger partial charge in [0, 0.05) is 6.42 Å². The van der Waals surface area contributed by atoms with Crippen LogP contribution in [0.25, 0.3) is 0 Å². The zero-order valence-electron chi connectivity index (χ0n) is 20.8. The van der Waals surface area contributed by atoms with Gasteiger partial charge in [-0.25, -0.2) is 4.79 Å². The Bertz CT molecular complexity index is 871. The summed E-state index contributed by atoms with van der Waals surface area (Å²) < 4.78 is 0. The lowest BCUT2D eigenvalue weighted by Crippen LogP contribution is -2.60. The molecule has 0 bridgehead atoms. The Kier molecular flexibility index (Phi) is 11.6. The SMILES string of the molecule is CC(C)CC(NC(=O)C(N)C(C)C)C(=O)NC(C(=O)NC(Cc1ccc(O)cc1)C(=O)O)C(C)O. The molecule has 196 valence electrons. The molecule has 5 atom stereocenters. The number of phenols is 1. The van der Waals surface area contributed by atoms with E-state index in [4.69, 9.17) is 5.73 Å². The van der Waals surface area contributed by atoms with Gasteiger partial charge in [0.05, 0.1) is 12.1 Å². The van der Waals surface area contributed by atoms with Crippen molar-refractivity contribution >= 4 is 23.7 Å². The number of carbonyl (C=O) groups is 4. The fourth-order valence-electron chi connectivity index (χ4n) is 3.26. The first-order valence-corrected chi connectivity index (χ1v) is 11.6. The van der Waals surface area contributed by atoms with Gasteiger partial charge >= 0.3 is 5.97 Å². The summed E-state index contributed by atoms with van der Waals surface area (Å²) in [4.78, 5) is 50.0. The second-order valence-electron chi connectivity index (χ2n) is 9.46. The van der Waals surface area contributed by atoms with E-state index in [-0.39, 0.29) is 30.4 Å². The summed E-state index contributed by atoms with van der Waals surface area (Å²) in [6, 6.07) is 1.18. The number of phenolic OH excluding ortho intramolecular Hbond substituents is 1. The predicted molar refractivity (Wildman–Crippen MR) is 129 cm³/mol. The lowest BCUT2D eigenvalue weighted by molar-refractivity contribution is -0.143. The van der Waals surface area contributed by atoms with Crippen molar-refractivity contribution in [3.05, 3.63) is 29.8 Å². The molecule has 0 aliphatic heterocycles. The maximum atomic E-state index is 13.0. The van der Waals surface area contributed by atoms with Crippen LogP contribution in [0.2, 0.25) is 0 Å². The fourth-order valence-corrected chi connectivity index (χ4v) is 3.26. The minimum absolute atomic E-state index is 0.0129. The number of carboxylic acids is 1. The highest BCUT2D eigenvalue weighted by atomic mass is 16.4. The van der Waals surface area contributed by atoms with Gasteiger partial charge in [0.2, 0.25) is 17.7 Å². The van der Waals surface area contributed by atoms with Crippen molar-refractivity contribution in [3.8, 4) is 5.75 Å². The third-order valence-corrected chi connectivity index (χ3v) is 5.41. The van der Waals surface area contributed by atoms with Crippen LogP contribution in [0.3, 0.4) is 0 Å². The molecule has 5 unspecified atom stereocenters. The number of aliphatic hydroxyl groups excluding tert-OH is 1. The highest BCUT2D eigenvalue weighted by Crippen LogP contribution is 2.12. The number of aromatic hydroxyl groups is 1. The molecule has 11 heteroatoms. The lowest BCUT2D eigenvalue weighted by atomic mass is 10.00. The molecule has 0 fully saturated rings. The van der Waals surface area contributed by atoms with Crippen LogP contribution in [0.5, 0.6) is 5.75 Å². The third kappa shape index (κ3) is 9.91. The number of hydrogen-bond acceptors (Lipinski definition) is 7. The first kappa shape index (κ1) is 29.9. The summed E-state index contributed by atoms with van der Waals surface area (Å²) in [5.74, 6) is -3.55. The first-order chi connectivity index (χ1) is 16.2. The number of aliphatic hydroxyl groups is 1. The van der Waals surface area contributed by atoms with E-state index in [0.29, 0.717) is 5.56 Å². The molecule has 0 saturated heterocycles. The van der Waals surface area contributed by atoms with Crippen molar-refractivity contribution in [2.24, 2.45) is 17.6 Å². The molecule has 0 heterocycles. The molecular formula is C24H38N4O7. The maximum Gasteiger partial charge on any atom is 0.326 e. The Morgan fingerprint density at radius 2 is 1.40 bits per heavy atom. The number of aliphatic carboxylic acids is 1. The van der Waals surface area contributed by atoms with Crippen LogP contribution in [0.1, 0.15) is 46.6 Å². The minimum Gasteiger partial charge on any atom is -0.508 e. The van der Waals surface area contributed by atoms with Crippen LogP contribution in [-0.4, -0.2) is 69.3 Å². The van der Waals surface area contributed by atoms with E-state index in [0.717, 1.165) is 0 Å². The summed E-state index contributed by atoms with van der Waals surface area (Å²) in [5, 5.41) is 36.5. The number of nitrogens with two attached hydrogens (primary N) is 1. The smallest absolute Gasteiger partial charge is 0.326 e. The van der Waals surface area contributed by atoms with Gasteiger partial charge in [0.25, 0.3) is 0 Å². The van der Waals surface area contributed by atoms with E-state index >= 15 is 0 Å². The molecule has 1 rings (SSSR count). The van der Waals surface area contributed by atoms with Gasteiger partial charge in [-0.1, -0.05) is 39.8 Å². The normalized spacial score (nSPS) is 15.6. The highest BCUT2D eigenvalue weighted by Gasteiger charge is 2.33. The molecule has 1 aromatic rings. The summed E-state index contributed by atoms with van der Waals surface area (Å²) in [6.07, 6.45) is -1.17. The van der Waals surface area contributed by atoms with Gasteiger partial charge in [0.15, 0.2) is 0 Å². The average molecular weight is 495 g/mol. The Morgan fingerprint density at radius 1 is 0.857 bits per heavy atom. The first-order valence-electron chi connectivity index (χ1n) is 11.6. The van der Waals surface area contributed by atoms with E-state index in [1.54, 1.807) is 13.8 Å². The molecule has 11 nitrogen and oxygen atoms in total. The molecule has 0 spiro atoms. The minimum atomic E-state index is -1.46. The highest BCUT2D eigenvalue weighted by molar-refractivity contribution is 5.94. The average Bonchev–Trinajstić information content (AvgIpc) is 2.76. The number of benzene rings is 1. The molecule has 3 amide bonds.